The summed E-state index contributed by atoms with van der Waals surface area (Å²) in [6.07, 6.45) is 2.04. The lowest BCUT2D eigenvalue weighted by Gasteiger charge is -2.12. The van der Waals surface area contributed by atoms with Crippen LogP contribution < -0.4 is 9.47 Å². The average molecular weight is 302 g/mol. The third-order valence-corrected chi connectivity index (χ3v) is 3.42. The summed E-state index contributed by atoms with van der Waals surface area (Å²) in [6, 6.07) is 27.8. The molecule has 0 aliphatic carbocycles. The number of methoxy groups -OCH3 is 1. The van der Waals surface area contributed by atoms with Crippen LogP contribution in [0.25, 0.3) is 11.8 Å². The molecule has 114 valence electrons. The summed E-state index contributed by atoms with van der Waals surface area (Å²) in [5.41, 5.74) is 2.12. The maximum absolute atomic E-state index is 6.13. The Morgan fingerprint density at radius 2 is 1.39 bits per heavy atom. The highest BCUT2D eigenvalue weighted by Crippen LogP contribution is 2.26. The minimum atomic E-state index is 0.746. The Balaban J connectivity index is 1.97. The maximum atomic E-state index is 6.13. The van der Waals surface area contributed by atoms with Crippen molar-refractivity contribution < 1.29 is 9.47 Å². The second kappa shape index (κ2) is 7.32. The van der Waals surface area contributed by atoms with E-state index in [-0.39, 0.29) is 0 Å². The molecule has 0 fully saturated rings. The van der Waals surface area contributed by atoms with Crippen molar-refractivity contribution in [1.29, 1.82) is 0 Å². The van der Waals surface area contributed by atoms with Gasteiger partial charge in [0.2, 0.25) is 0 Å². The van der Waals surface area contributed by atoms with E-state index in [9.17, 15) is 0 Å². The summed E-state index contributed by atoms with van der Waals surface area (Å²) < 4.78 is 11.4. The topological polar surface area (TPSA) is 18.5 Å². The Labute approximate surface area is 136 Å². The Morgan fingerprint density at radius 1 is 0.739 bits per heavy atom. The van der Waals surface area contributed by atoms with E-state index in [0.717, 1.165) is 28.4 Å². The Bertz CT molecular complexity index is 777. The van der Waals surface area contributed by atoms with Crippen molar-refractivity contribution >= 4 is 11.8 Å². The molecule has 2 heteroatoms. The quantitative estimate of drug-likeness (QED) is 0.472. The summed E-state index contributed by atoms with van der Waals surface area (Å²) in [5.74, 6) is 2.31. The summed E-state index contributed by atoms with van der Waals surface area (Å²) in [5, 5.41) is 0. The molecule has 0 saturated carbocycles. The van der Waals surface area contributed by atoms with Crippen LogP contribution >= 0.6 is 0 Å². The molecule has 0 radical (unpaired) electrons. The highest BCUT2D eigenvalue weighted by Gasteiger charge is 2.06. The molecule has 0 N–H and O–H groups in total. The van der Waals surface area contributed by atoms with E-state index in [4.69, 9.17) is 9.47 Å². The van der Waals surface area contributed by atoms with Crippen LogP contribution in [-0.2, 0) is 0 Å². The fourth-order valence-electron chi connectivity index (χ4n) is 2.27. The summed E-state index contributed by atoms with van der Waals surface area (Å²) >= 11 is 0. The molecule has 0 spiro atoms. The molecule has 2 nitrogen and oxygen atoms in total. The van der Waals surface area contributed by atoms with Crippen LogP contribution in [0.3, 0.4) is 0 Å². The zero-order valence-electron chi connectivity index (χ0n) is 13.0. The van der Waals surface area contributed by atoms with Crippen LogP contribution in [0.1, 0.15) is 11.1 Å². The van der Waals surface area contributed by atoms with Crippen molar-refractivity contribution in [2.24, 2.45) is 0 Å². The Hall–Kier alpha value is -3.00. The molecule has 3 aromatic rings. The van der Waals surface area contributed by atoms with Crippen molar-refractivity contribution in [2.45, 2.75) is 0 Å². The maximum Gasteiger partial charge on any atom is 0.135 e. The zero-order valence-corrected chi connectivity index (χ0v) is 13.0. The fraction of sp³-hybridized carbons (Fsp3) is 0.0476. The number of rotatable bonds is 5. The van der Waals surface area contributed by atoms with Gasteiger partial charge in [0.15, 0.2) is 0 Å². The molecule has 0 unspecified atom stereocenters. The molecule has 0 amide bonds. The average Bonchev–Trinajstić information content (AvgIpc) is 2.63. The van der Waals surface area contributed by atoms with Gasteiger partial charge in [-0.15, -0.1) is 0 Å². The lowest BCUT2D eigenvalue weighted by atomic mass is 10.1. The second-order valence-corrected chi connectivity index (χ2v) is 5.07. The monoisotopic (exact) mass is 302 g/mol. The van der Waals surface area contributed by atoms with Gasteiger partial charge in [-0.25, -0.2) is 0 Å². The fourth-order valence-corrected chi connectivity index (χ4v) is 2.27. The predicted molar refractivity (Wildman–Crippen MR) is 94.4 cm³/mol. The van der Waals surface area contributed by atoms with Crippen LogP contribution in [0.5, 0.6) is 11.5 Å². The van der Waals surface area contributed by atoms with Gasteiger partial charge in [-0.3, -0.25) is 0 Å². The summed E-state index contributed by atoms with van der Waals surface area (Å²) in [4.78, 5) is 0. The standard InChI is InChI=1S/C21H18O2/c1-22-19-13-8-14-20(16-19)23-21(18-11-6-3-7-12-18)15-17-9-4-2-5-10-17/h2-16H,1H3/b21-15-. The van der Waals surface area contributed by atoms with Gasteiger partial charge in [-0.2, -0.15) is 0 Å². The smallest absolute Gasteiger partial charge is 0.135 e. The van der Waals surface area contributed by atoms with Crippen LogP contribution in [0.4, 0.5) is 0 Å². The van der Waals surface area contributed by atoms with Crippen molar-refractivity contribution in [3.63, 3.8) is 0 Å². The molecule has 3 aromatic carbocycles. The highest BCUT2D eigenvalue weighted by molar-refractivity contribution is 5.78. The first-order valence-corrected chi connectivity index (χ1v) is 7.49. The normalized spacial score (nSPS) is 11.1. The lowest BCUT2D eigenvalue weighted by molar-refractivity contribution is 0.411. The van der Waals surface area contributed by atoms with Gasteiger partial charge in [0.25, 0.3) is 0 Å². The summed E-state index contributed by atoms with van der Waals surface area (Å²) in [7, 11) is 1.65. The van der Waals surface area contributed by atoms with Crippen molar-refractivity contribution in [3.05, 3.63) is 96.1 Å². The SMILES string of the molecule is COc1cccc(O/C(=C\c2ccccc2)c2ccccc2)c1. The number of hydrogen-bond donors (Lipinski definition) is 0. The van der Waals surface area contributed by atoms with Crippen LogP contribution in [0.2, 0.25) is 0 Å². The molecule has 3 rings (SSSR count). The number of benzene rings is 3. The molecule has 23 heavy (non-hydrogen) atoms. The Morgan fingerprint density at radius 3 is 2.09 bits per heavy atom. The first-order chi connectivity index (χ1) is 11.3. The van der Waals surface area contributed by atoms with Crippen molar-refractivity contribution in [2.75, 3.05) is 7.11 Å². The van der Waals surface area contributed by atoms with E-state index in [0.29, 0.717) is 0 Å². The van der Waals surface area contributed by atoms with Crippen LogP contribution in [0, 0.1) is 0 Å². The van der Waals surface area contributed by atoms with Gasteiger partial charge >= 0.3 is 0 Å². The number of ether oxygens (including phenoxy) is 2. The molecule has 0 aliphatic heterocycles. The molecular formula is C21H18O2. The van der Waals surface area contributed by atoms with Gasteiger partial charge in [0.1, 0.15) is 17.3 Å². The summed E-state index contributed by atoms with van der Waals surface area (Å²) in [6.45, 7) is 0. The van der Waals surface area contributed by atoms with E-state index in [1.165, 1.54) is 0 Å². The first kappa shape index (κ1) is 14.9. The minimum Gasteiger partial charge on any atom is -0.497 e. The molecule has 0 saturated heterocycles. The van der Waals surface area contributed by atoms with Crippen LogP contribution in [0.15, 0.2) is 84.9 Å². The van der Waals surface area contributed by atoms with E-state index < -0.39 is 0 Å². The van der Waals surface area contributed by atoms with E-state index in [2.05, 4.69) is 12.1 Å². The van der Waals surface area contributed by atoms with Gasteiger partial charge in [-0.05, 0) is 23.8 Å². The molecule has 0 atom stereocenters. The van der Waals surface area contributed by atoms with Crippen molar-refractivity contribution in [1.82, 2.24) is 0 Å². The van der Waals surface area contributed by atoms with Crippen LogP contribution in [-0.4, -0.2) is 7.11 Å². The third-order valence-electron chi connectivity index (χ3n) is 3.42. The highest BCUT2D eigenvalue weighted by atomic mass is 16.5. The molecule has 0 aliphatic rings. The van der Waals surface area contributed by atoms with E-state index in [1.807, 2.05) is 78.9 Å². The Kier molecular flexibility index (Phi) is 4.75. The lowest BCUT2D eigenvalue weighted by Crippen LogP contribution is -1.95. The molecule has 0 aromatic heterocycles. The van der Waals surface area contributed by atoms with E-state index in [1.54, 1.807) is 7.11 Å². The van der Waals surface area contributed by atoms with Gasteiger partial charge in [0, 0.05) is 11.6 Å². The van der Waals surface area contributed by atoms with Gasteiger partial charge in [0.05, 0.1) is 7.11 Å². The molecular weight excluding hydrogens is 284 g/mol. The minimum absolute atomic E-state index is 0.746. The van der Waals surface area contributed by atoms with Gasteiger partial charge < -0.3 is 9.47 Å². The van der Waals surface area contributed by atoms with E-state index >= 15 is 0 Å². The zero-order chi connectivity index (χ0) is 15.9. The second-order valence-electron chi connectivity index (χ2n) is 5.07. The third kappa shape index (κ3) is 4.01. The first-order valence-electron chi connectivity index (χ1n) is 7.49. The number of hydrogen-bond acceptors (Lipinski definition) is 2. The predicted octanol–water partition coefficient (Wildman–Crippen LogP) is 5.27. The van der Waals surface area contributed by atoms with Crippen molar-refractivity contribution in [3.8, 4) is 11.5 Å². The molecule has 0 bridgehead atoms. The molecule has 0 heterocycles. The van der Waals surface area contributed by atoms with Gasteiger partial charge in [-0.1, -0.05) is 66.7 Å². The largest absolute Gasteiger partial charge is 0.497 e.